The number of benzene rings is 1. The van der Waals surface area contributed by atoms with Gasteiger partial charge >= 0.3 is 0 Å². The molecule has 2 rings (SSSR count). The van der Waals surface area contributed by atoms with Crippen LogP contribution < -0.4 is 10.1 Å². The number of ether oxygens (including phenoxy) is 1. The number of likely N-dealkylation sites (N-methyl/N-ethyl adjacent to an activating group) is 1. The second-order valence-electron chi connectivity index (χ2n) is 6.33. The molecule has 1 aliphatic rings. The highest BCUT2D eigenvalue weighted by Gasteiger charge is 2.32. The third-order valence-corrected chi connectivity index (χ3v) is 4.78. The van der Waals surface area contributed by atoms with Gasteiger partial charge in [0, 0.05) is 6.04 Å². The summed E-state index contributed by atoms with van der Waals surface area (Å²) in [5.74, 6) is 2.61. The van der Waals surface area contributed by atoms with E-state index in [1.54, 1.807) is 0 Å². The predicted octanol–water partition coefficient (Wildman–Crippen LogP) is 4.04. The lowest BCUT2D eigenvalue weighted by Gasteiger charge is -2.38. The average molecular weight is 275 g/mol. The van der Waals surface area contributed by atoms with E-state index in [4.69, 9.17) is 4.74 Å². The molecule has 1 fully saturated rings. The minimum Gasteiger partial charge on any atom is -0.489 e. The van der Waals surface area contributed by atoms with Crippen molar-refractivity contribution in [1.29, 1.82) is 0 Å². The van der Waals surface area contributed by atoms with Gasteiger partial charge in [0.15, 0.2) is 0 Å². The Morgan fingerprint density at radius 3 is 2.65 bits per heavy atom. The molecule has 0 amide bonds. The number of para-hydroxylation sites is 1. The highest BCUT2D eigenvalue weighted by Crippen LogP contribution is 2.33. The first-order chi connectivity index (χ1) is 9.65. The van der Waals surface area contributed by atoms with E-state index in [1.807, 2.05) is 0 Å². The Bertz CT molecular complexity index is 416. The van der Waals surface area contributed by atoms with Gasteiger partial charge in [-0.15, -0.1) is 0 Å². The molecular weight excluding hydrogens is 246 g/mol. The molecule has 112 valence electrons. The number of hydrogen-bond donors (Lipinski definition) is 1. The maximum absolute atomic E-state index is 6.40. The molecular formula is C18H29NO. The van der Waals surface area contributed by atoms with Gasteiger partial charge in [0.05, 0.1) is 0 Å². The SMILES string of the molecule is CCc1ccccc1OC1CC(C(C)C)CCC1NC. The minimum absolute atomic E-state index is 0.300. The lowest BCUT2D eigenvalue weighted by molar-refractivity contribution is 0.0742. The fourth-order valence-electron chi connectivity index (χ4n) is 3.30. The summed E-state index contributed by atoms with van der Waals surface area (Å²) in [5.41, 5.74) is 1.31. The van der Waals surface area contributed by atoms with Gasteiger partial charge in [-0.05, 0) is 56.2 Å². The third kappa shape index (κ3) is 3.54. The van der Waals surface area contributed by atoms with Crippen molar-refractivity contribution in [1.82, 2.24) is 5.32 Å². The van der Waals surface area contributed by atoms with Crippen molar-refractivity contribution in [3.05, 3.63) is 29.8 Å². The molecule has 2 nitrogen and oxygen atoms in total. The first kappa shape index (κ1) is 15.4. The fraction of sp³-hybridized carbons (Fsp3) is 0.667. The van der Waals surface area contributed by atoms with Crippen molar-refractivity contribution in [3.8, 4) is 5.75 Å². The van der Waals surface area contributed by atoms with E-state index in [-0.39, 0.29) is 0 Å². The van der Waals surface area contributed by atoms with Crippen molar-refractivity contribution in [3.63, 3.8) is 0 Å². The van der Waals surface area contributed by atoms with Crippen LogP contribution in [0, 0.1) is 11.8 Å². The Labute approximate surface area is 123 Å². The lowest BCUT2D eigenvalue weighted by atomic mass is 9.78. The summed E-state index contributed by atoms with van der Waals surface area (Å²) >= 11 is 0. The Hall–Kier alpha value is -1.02. The summed E-state index contributed by atoms with van der Waals surface area (Å²) in [7, 11) is 2.06. The van der Waals surface area contributed by atoms with E-state index in [9.17, 15) is 0 Å². The zero-order chi connectivity index (χ0) is 14.5. The highest BCUT2D eigenvalue weighted by atomic mass is 16.5. The molecule has 1 saturated carbocycles. The van der Waals surface area contributed by atoms with Crippen molar-refractivity contribution in [2.45, 2.75) is 58.6 Å². The second kappa shape index (κ2) is 7.12. The van der Waals surface area contributed by atoms with Gasteiger partial charge in [0.2, 0.25) is 0 Å². The van der Waals surface area contributed by atoms with Crippen molar-refractivity contribution in [2.75, 3.05) is 7.05 Å². The van der Waals surface area contributed by atoms with Crippen molar-refractivity contribution >= 4 is 0 Å². The lowest BCUT2D eigenvalue weighted by Crippen LogP contribution is -2.46. The largest absolute Gasteiger partial charge is 0.489 e. The van der Waals surface area contributed by atoms with E-state index in [0.29, 0.717) is 12.1 Å². The van der Waals surface area contributed by atoms with E-state index >= 15 is 0 Å². The molecule has 1 aromatic rings. The molecule has 3 atom stereocenters. The Morgan fingerprint density at radius 1 is 1.25 bits per heavy atom. The van der Waals surface area contributed by atoms with E-state index in [2.05, 4.69) is 57.4 Å². The topological polar surface area (TPSA) is 21.3 Å². The van der Waals surface area contributed by atoms with Gasteiger partial charge in [0.1, 0.15) is 11.9 Å². The molecule has 1 N–H and O–H groups in total. The number of aryl methyl sites for hydroxylation is 1. The van der Waals surface area contributed by atoms with Crippen molar-refractivity contribution in [2.24, 2.45) is 11.8 Å². The van der Waals surface area contributed by atoms with Gasteiger partial charge < -0.3 is 10.1 Å². The maximum atomic E-state index is 6.40. The summed E-state index contributed by atoms with van der Waals surface area (Å²) in [4.78, 5) is 0. The average Bonchev–Trinajstić information content (AvgIpc) is 2.47. The molecule has 0 radical (unpaired) electrons. The van der Waals surface area contributed by atoms with Crippen LogP contribution in [-0.4, -0.2) is 19.2 Å². The third-order valence-electron chi connectivity index (χ3n) is 4.78. The van der Waals surface area contributed by atoms with Gasteiger partial charge in [0.25, 0.3) is 0 Å². The molecule has 2 heteroatoms. The Balaban J connectivity index is 2.11. The summed E-state index contributed by atoms with van der Waals surface area (Å²) in [6, 6.07) is 8.94. The number of nitrogens with one attached hydrogen (secondary N) is 1. The quantitative estimate of drug-likeness (QED) is 0.875. The molecule has 0 aromatic heterocycles. The maximum Gasteiger partial charge on any atom is 0.122 e. The Morgan fingerprint density at radius 2 is 2.00 bits per heavy atom. The van der Waals surface area contributed by atoms with Crippen LogP contribution in [0.5, 0.6) is 5.75 Å². The predicted molar refractivity (Wildman–Crippen MR) is 85.3 cm³/mol. The van der Waals surface area contributed by atoms with E-state index in [0.717, 1.165) is 24.0 Å². The van der Waals surface area contributed by atoms with E-state index in [1.165, 1.54) is 24.8 Å². The fourth-order valence-corrected chi connectivity index (χ4v) is 3.30. The van der Waals surface area contributed by atoms with E-state index < -0.39 is 0 Å². The molecule has 1 aromatic carbocycles. The monoisotopic (exact) mass is 275 g/mol. The van der Waals surface area contributed by atoms with Crippen LogP contribution in [0.2, 0.25) is 0 Å². The summed E-state index contributed by atoms with van der Waals surface area (Å²) in [5, 5.41) is 3.45. The normalized spacial score (nSPS) is 26.8. The molecule has 0 aliphatic heterocycles. The molecule has 1 aliphatic carbocycles. The molecule has 0 heterocycles. The first-order valence-electron chi connectivity index (χ1n) is 8.07. The molecule has 0 bridgehead atoms. The van der Waals surface area contributed by atoms with Crippen molar-refractivity contribution < 1.29 is 4.74 Å². The van der Waals surface area contributed by atoms with Crippen LogP contribution in [-0.2, 0) is 6.42 Å². The van der Waals surface area contributed by atoms with Crippen LogP contribution in [0.4, 0.5) is 0 Å². The molecule has 0 spiro atoms. The zero-order valence-electron chi connectivity index (χ0n) is 13.4. The summed E-state index contributed by atoms with van der Waals surface area (Å²) in [6.07, 6.45) is 5.03. The first-order valence-corrected chi connectivity index (χ1v) is 8.07. The molecule has 0 saturated heterocycles. The van der Waals surface area contributed by atoms with Crippen LogP contribution in [0.15, 0.2) is 24.3 Å². The zero-order valence-corrected chi connectivity index (χ0v) is 13.4. The standard InChI is InChI=1S/C18H29NO/c1-5-14-8-6-7-9-17(14)20-18-12-15(13(2)3)10-11-16(18)19-4/h6-9,13,15-16,18-19H,5,10-12H2,1-4H3. The Kier molecular flexibility index (Phi) is 5.47. The van der Waals surface area contributed by atoms with Crippen LogP contribution in [0.1, 0.15) is 45.6 Å². The molecule has 3 unspecified atom stereocenters. The van der Waals surface area contributed by atoms with Crippen LogP contribution in [0.3, 0.4) is 0 Å². The van der Waals surface area contributed by atoms with Gasteiger partial charge in [-0.2, -0.15) is 0 Å². The van der Waals surface area contributed by atoms with Crippen LogP contribution >= 0.6 is 0 Å². The van der Waals surface area contributed by atoms with Gasteiger partial charge in [-0.25, -0.2) is 0 Å². The minimum atomic E-state index is 0.300. The summed E-state index contributed by atoms with van der Waals surface area (Å²) < 4.78 is 6.40. The number of hydrogen-bond acceptors (Lipinski definition) is 2. The summed E-state index contributed by atoms with van der Waals surface area (Å²) in [6.45, 7) is 6.86. The number of rotatable bonds is 5. The van der Waals surface area contributed by atoms with Gasteiger partial charge in [-0.1, -0.05) is 39.0 Å². The van der Waals surface area contributed by atoms with Crippen LogP contribution in [0.25, 0.3) is 0 Å². The van der Waals surface area contributed by atoms with Gasteiger partial charge in [-0.3, -0.25) is 0 Å². The highest BCUT2D eigenvalue weighted by molar-refractivity contribution is 5.33. The second-order valence-corrected chi connectivity index (χ2v) is 6.33. The molecule has 20 heavy (non-hydrogen) atoms. The smallest absolute Gasteiger partial charge is 0.122 e.